The summed E-state index contributed by atoms with van der Waals surface area (Å²) in [6, 6.07) is 15.8. The highest BCUT2D eigenvalue weighted by molar-refractivity contribution is 7.92. The van der Waals surface area contributed by atoms with Crippen LogP contribution in [0.1, 0.15) is 30.9 Å². The Labute approximate surface area is 181 Å². The molecule has 9 heteroatoms. The van der Waals surface area contributed by atoms with E-state index in [0.717, 1.165) is 28.5 Å². The van der Waals surface area contributed by atoms with E-state index in [1.165, 1.54) is 5.48 Å². The predicted molar refractivity (Wildman–Crippen MR) is 116 cm³/mol. The van der Waals surface area contributed by atoms with Gasteiger partial charge in [0.2, 0.25) is 0 Å². The van der Waals surface area contributed by atoms with Gasteiger partial charge in [0.15, 0.2) is 9.84 Å². The highest BCUT2D eigenvalue weighted by Gasteiger charge is 2.35. The van der Waals surface area contributed by atoms with Crippen molar-refractivity contribution in [2.24, 2.45) is 5.16 Å². The minimum atomic E-state index is -3.71. The van der Waals surface area contributed by atoms with Gasteiger partial charge in [-0.25, -0.2) is 13.9 Å². The largest absolute Gasteiger partial charge is 0.393 e. The summed E-state index contributed by atoms with van der Waals surface area (Å²) in [5.74, 6) is -0.983. The fraction of sp³-hybridized carbons (Fsp3) is 0.364. The van der Waals surface area contributed by atoms with Crippen molar-refractivity contribution in [3.8, 4) is 11.1 Å². The summed E-state index contributed by atoms with van der Waals surface area (Å²) in [6.07, 6.45) is 0.856. The highest BCUT2D eigenvalue weighted by atomic mass is 32.2. The van der Waals surface area contributed by atoms with Gasteiger partial charge in [0.1, 0.15) is 11.4 Å². The van der Waals surface area contributed by atoms with Crippen molar-refractivity contribution in [2.45, 2.75) is 43.6 Å². The molecule has 1 amide bonds. The van der Waals surface area contributed by atoms with Crippen molar-refractivity contribution in [1.82, 2.24) is 5.48 Å². The number of aliphatic hydroxyl groups excluding tert-OH is 1. The molecule has 0 saturated carbocycles. The van der Waals surface area contributed by atoms with E-state index in [0.29, 0.717) is 18.6 Å². The second-order valence-electron chi connectivity index (χ2n) is 7.83. The molecule has 0 aliphatic carbocycles. The topological polar surface area (TPSA) is 125 Å². The van der Waals surface area contributed by atoms with E-state index in [1.54, 1.807) is 6.92 Å². The van der Waals surface area contributed by atoms with Crippen LogP contribution < -0.4 is 5.48 Å². The van der Waals surface area contributed by atoms with E-state index in [-0.39, 0.29) is 12.5 Å². The summed E-state index contributed by atoms with van der Waals surface area (Å²) in [4.78, 5) is 17.0. The van der Waals surface area contributed by atoms with Crippen molar-refractivity contribution in [3.05, 3.63) is 59.7 Å². The van der Waals surface area contributed by atoms with Gasteiger partial charge in [0.05, 0.1) is 11.8 Å². The van der Waals surface area contributed by atoms with Crippen LogP contribution in [0.25, 0.3) is 11.1 Å². The van der Waals surface area contributed by atoms with Gasteiger partial charge in [-0.05, 0) is 35.6 Å². The number of rotatable bonds is 8. The molecule has 0 aromatic heterocycles. The second kappa shape index (κ2) is 9.59. The quantitative estimate of drug-likeness (QED) is 0.421. The van der Waals surface area contributed by atoms with Crippen LogP contribution in [0.5, 0.6) is 0 Å². The molecule has 0 spiro atoms. The van der Waals surface area contributed by atoms with E-state index in [9.17, 15) is 18.3 Å². The number of amides is 1. The van der Waals surface area contributed by atoms with E-state index in [4.69, 9.17) is 10.0 Å². The number of carbonyl (C=O) groups excluding carboxylic acids is 1. The van der Waals surface area contributed by atoms with Crippen LogP contribution >= 0.6 is 0 Å². The van der Waals surface area contributed by atoms with Crippen molar-refractivity contribution >= 4 is 21.5 Å². The molecule has 0 bridgehead atoms. The average molecular weight is 447 g/mol. The van der Waals surface area contributed by atoms with Crippen LogP contribution in [-0.4, -0.2) is 54.1 Å². The lowest BCUT2D eigenvalue weighted by Gasteiger charge is -2.15. The number of oxime groups is 1. The van der Waals surface area contributed by atoms with Gasteiger partial charge in [0.25, 0.3) is 5.91 Å². The summed E-state index contributed by atoms with van der Waals surface area (Å²) in [6.45, 7) is 1.76. The molecule has 2 aromatic carbocycles. The van der Waals surface area contributed by atoms with Gasteiger partial charge in [-0.3, -0.25) is 10.0 Å². The first kappa shape index (κ1) is 22.9. The summed E-state index contributed by atoms with van der Waals surface area (Å²) < 4.78 is 23.7. The molecule has 1 heterocycles. The third-order valence-corrected chi connectivity index (χ3v) is 6.61. The Bertz CT molecular complexity index is 1050. The van der Waals surface area contributed by atoms with Gasteiger partial charge >= 0.3 is 0 Å². The molecule has 3 atom stereocenters. The molecule has 1 unspecified atom stereocenters. The number of carbonyl (C=O) groups is 1. The lowest BCUT2D eigenvalue weighted by molar-refractivity contribution is -0.129. The van der Waals surface area contributed by atoms with Gasteiger partial charge in [-0.15, -0.1) is 0 Å². The maximum Gasteiger partial charge on any atom is 0.261 e. The molecule has 31 heavy (non-hydrogen) atoms. The van der Waals surface area contributed by atoms with Crippen molar-refractivity contribution < 1.29 is 28.4 Å². The van der Waals surface area contributed by atoms with Crippen LogP contribution in [0.3, 0.4) is 0 Å². The lowest BCUT2D eigenvalue weighted by Crippen LogP contribution is -2.40. The molecule has 1 aliphatic heterocycles. The number of aliphatic hydroxyl groups is 1. The normalized spacial score (nSPS) is 18.1. The lowest BCUT2D eigenvalue weighted by atomic mass is 9.98. The zero-order valence-electron chi connectivity index (χ0n) is 17.4. The number of sulfone groups is 1. The van der Waals surface area contributed by atoms with Crippen molar-refractivity contribution in [3.63, 3.8) is 0 Å². The van der Waals surface area contributed by atoms with E-state index in [1.807, 2.05) is 48.5 Å². The van der Waals surface area contributed by atoms with Gasteiger partial charge < -0.3 is 9.94 Å². The summed E-state index contributed by atoms with van der Waals surface area (Å²) in [7, 11) is -3.71. The Morgan fingerprint density at radius 2 is 1.68 bits per heavy atom. The monoisotopic (exact) mass is 446 g/mol. The Morgan fingerprint density at radius 3 is 2.19 bits per heavy atom. The van der Waals surface area contributed by atoms with Crippen molar-refractivity contribution in [1.29, 1.82) is 0 Å². The minimum absolute atomic E-state index is 0.102. The summed E-state index contributed by atoms with van der Waals surface area (Å²) in [5.41, 5.74) is 6.06. The Kier molecular flexibility index (Phi) is 7.09. The molecule has 8 nitrogen and oxygen atoms in total. The number of nitrogens with one attached hydrogen (secondary N) is 1. The first-order chi connectivity index (χ1) is 14.7. The molecule has 0 saturated heterocycles. The molecule has 166 valence electrons. The van der Waals surface area contributed by atoms with Crippen LogP contribution in [0.15, 0.2) is 53.7 Å². The standard InChI is InChI=1S/C22H26N2O6S/c1-14(25)11-15-3-5-16(6-4-15)17-7-9-18(10-8-17)20-12-19(30-24-20)13-21(22(26)23-27)31(2,28)29/h3-10,14,19,21,25,27H,11-13H2,1-2H3,(H,23,26)/t14-,19-,21?/m1/s1. The van der Waals surface area contributed by atoms with Gasteiger partial charge in [-0.1, -0.05) is 53.7 Å². The maximum atomic E-state index is 11.8. The van der Waals surface area contributed by atoms with Crippen molar-refractivity contribution in [2.75, 3.05) is 6.26 Å². The molecular formula is C22H26N2O6S. The number of hydroxylamine groups is 1. The highest BCUT2D eigenvalue weighted by Crippen LogP contribution is 2.25. The number of nitrogens with zero attached hydrogens (tertiary/aromatic N) is 1. The van der Waals surface area contributed by atoms with Crippen LogP contribution in [0.2, 0.25) is 0 Å². The number of hydrogen-bond acceptors (Lipinski definition) is 7. The Balaban J connectivity index is 1.65. The zero-order chi connectivity index (χ0) is 22.6. The first-order valence-electron chi connectivity index (χ1n) is 9.90. The number of hydrogen-bond donors (Lipinski definition) is 3. The molecule has 3 rings (SSSR count). The SMILES string of the molecule is C[C@@H](O)Cc1ccc(-c2ccc(C3=NO[C@@H](CC(C(=O)NO)S(C)(=O)=O)C3)cc2)cc1. The summed E-state index contributed by atoms with van der Waals surface area (Å²) in [5, 5.41) is 20.9. The third-order valence-electron chi connectivity index (χ3n) is 5.17. The Hall–Kier alpha value is -2.75. The van der Waals surface area contributed by atoms with E-state index < -0.39 is 27.1 Å². The van der Waals surface area contributed by atoms with Gasteiger partial charge in [0, 0.05) is 19.1 Å². The average Bonchev–Trinajstić information content (AvgIpc) is 3.20. The minimum Gasteiger partial charge on any atom is -0.393 e. The molecular weight excluding hydrogens is 420 g/mol. The van der Waals surface area contributed by atoms with E-state index >= 15 is 0 Å². The molecule has 0 fully saturated rings. The van der Waals surface area contributed by atoms with Crippen LogP contribution in [-0.2, 0) is 25.9 Å². The summed E-state index contributed by atoms with van der Waals surface area (Å²) >= 11 is 0. The molecule has 3 N–H and O–H groups in total. The van der Waals surface area contributed by atoms with E-state index in [2.05, 4.69) is 5.16 Å². The molecule has 2 aromatic rings. The second-order valence-corrected chi connectivity index (χ2v) is 10.1. The maximum absolute atomic E-state index is 11.8. The fourth-order valence-electron chi connectivity index (χ4n) is 3.54. The molecule has 0 radical (unpaired) electrons. The Morgan fingerprint density at radius 1 is 1.13 bits per heavy atom. The van der Waals surface area contributed by atoms with Crippen LogP contribution in [0.4, 0.5) is 0 Å². The third kappa shape index (κ3) is 5.90. The number of benzene rings is 2. The zero-order valence-corrected chi connectivity index (χ0v) is 18.2. The smallest absolute Gasteiger partial charge is 0.261 e. The van der Waals surface area contributed by atoms with Crippen LogP contribution in [0, 0.1) is 0 Å². The first-order valence-corrected chi connectivity index (χ1v) is 11.9. The predicted octanol–water partition coefficient (Wildman–Crippen LogP) is 2.08. The molecule has 1 aliphatic rings. The van der Waals surface area contributed by atoms with Gasteiger partial charge in [-0.2, -0.15) is 0 Å². The fourth-order valence-corrected chi connectivity index (χ4v) is 4.55.